The Morgan fingerprint density at radius 2 is 1.09 bits per heavy atom. The fraction of sp³-hybridized carbons (Fsp3) is 0. The highest BCUT2D eigenvalue weighted by Crippen LogP contribution is 2.48. The topological polar surface area (TPSA) is 21.3 Å². The summed E-state index contributed by atoms with van der Waals surface area (Å²) in [6.45, 7) is 0. The van der Waals surface area contributed by atoms with E-state index in [4.69, 9.17) is 29.1 Å². The summed E-state index contributed by atoms with van der Waals surface area (Å²) in [7, 11) is 0. The maximum absolute atomic E-state index is 10.7. The molecule has 0 atom stereocenters. The van der Waals surface area contributed by atoms with Gasteiger partial charge in [-0.15, -0.1) is 11.3 Å². The van der Waals surface area contributed by atoms with Crippen molar-refractivity contribution >= 4 is 92.3 Å². The molecule has 0 unspecified atom stereocenters. The molecule has 0 saturated heterocycles. The molecule has 12 rings (SSSR count). The van der Waals surface area contributed by atoms with Crippen molar-refractivity contribution in [3.05, 3.63) is 205 Å². The first-order valence-electron chi connectivity index (χ1n) is 33.9. The van der Waals surface area contributed by atoms with Gasteiger partial charge in [0.2, 0.25) is 0 Å². The molecule has 0 spiro atoms. The van der Waals surface area contributed by atoms with E-state index in [2.05, 4.69) is 0 Å². The van der Waals surface area contributed by atoms with Crippen LogP contribution in [0.25, 0.3) is 91.9 Å². The molecule has 0 amide bonds. The molecule has 58 heavy (non-hydrogen) atoms. The Balaban J connectivity index is 1.43. The Hall–Kier alpha value is -7.40. The van der Waals surface area contributed by atoms with Gasteiger partial charge in [0, 0.05) is 70.4 Å². The lowest BCUT2D eigenvalue weighted by Gasteiger charge is -2.27. The minimum absolute atomic E-state index is 0.320. The lowest BCUT2D eigenvalue weighted by Crippen LogP contribution is -2.10. The summed E-state index contributed by atoms with van der Waals surface area (Å²) in [5, 5.41) is -3.95. The zero-order chi connectivity index (χ0) is 67.7. The molecule has 9 aromatic carbocycles. The van der Waals surface area contributed by atoms with Gasteiger partial charge in [-0.3, -0.25) is 0 Å². The van der Waals surface area contributed by atoms with Gasteiger partial charge in [-0.2, -0.15) is 0 Å². The Bertz CT molecular complexity index is 5450. The molecule has 3 aromatic heterocycles. The smallest absolute Gasteiger partial charge is 0.137 e. The summed E-state index contributed by atoms with van der Waals surface area (Å²) >= 11 is 0.504. The minimum atomic E-state index is -1.31. The van der Waals surface area contributed by atoms with Crippen LogP contribution in [0, 0.1) is 0 Å². The van der Waals surface area contributed by atoms with Crippen LogP contribution in [0.5, 0.6) is 0 Å². The van der Waals surface area contributed by atoms with Crippen molar-refractivity contribution in [1.29, 1.82) is 0 Å². The molecule has 4 heteroatoms. The first-order chi connectivity index (χ1) is 42.9. The van der Waals surface area contributed by atoms with Crippen molar-refractivity contribution in [1.82, 2.24) is 4.57 Å². The van der Waals surface area contributed by atoms with Gasteiger partial charge in [-0.05, 0) is 89.2 Å². The number of furan rings is 1. The van der Waals surface area contributed by atoms with Gasteiger partial charge < -0.3 is 13.9 Å². The molecule has 0 N–H and O–H groups in total. The number of para-hydroxylation sites is 2. The SMILES string of the molecule is [2H]c1c([2H])c([2H])c(-c2c([2H])c(-c3c([2H])c([2H])c([2H])c([2H])c3[2H])c3c(c2[2H])c2c([2H])c([2H])c(N(c4c([2H])c([2H])c5c(oc6c([2H])c([2H])c([2H])c([2H])c65)c4[2H])c4c([2H])c([2H])c([2H])c5sc6c([2H])c([2H])c([2H])c([2H])c6c45)c([2H])c2n3-c2c([2H])c([2H])c([2H])c([2H])c2[2H])c([2H])c1[2H]. The molecule has 0 radical (unpaired) electrons. The van der Waals surface area contributed by atoms with Crippen LogP contribution in [-0.2, 0) is 0 Å². The summed E-state index contributed by atoms with van der Waals surface area (Å²) in [6.07, 6.45) is 0. The molecule has 0 aliphatic rings. The predicted molar refractivity (Wildman–Crippen MR) is 247 cm³/mol. The van der Waals surface area contributed by atoms with E-state index in [0.29, 0.717) is 20.8 Å². The molecule has 3 nitrogen and oxygen atoms in total. The first-order valence-corrected chi connectivity index (χ1v) is 17.7. The highest BCUT2D eigenvalue weighted by Gasteiger charge is 2.23. The number of hydrogen-bond donors (Lipinski definition) is 0. The largest absolute Gasteiger partial charge is 0.456 e. The van der Waals surface area contributed by atoms with Crippen molar-refractivity contribution < 1.29 is 51.0 Å². The van der Waals surface area contributed by atoms with Crippen LogP contribution in [0.1, 0.15) is 46.6 Å². The third-order valence-corrected chi connectivity index (χ3v) is 10.2. The predicted octanol–water partition coefficient (Wildman–Crippen LogP) is 15.9. The lowest BCUT2D eigenvalue weighted by atomic mass is 9.95. The number of fused-ring (bicyclic) bond motifs is 9. The molecule has 0 aliphatic carbocycles. The lowest BCUT2D eigenvalue weighted by molar-refractivity contribution is 0.669. The Morgan fingerprint density at radius 3 is 1.90 bits per heavy atom. The summed E-state index contributed by atoms with van der Waals surface area (Å²) in [5.74, 6) is 0. The van der Waals surface area contributed by atoms with Gasteiger partial charge >= 0.3 is 0 Å². The summed E-state index contributed by atoms with van der Waals surface area (Å²) in [5.41, 5.74) is -11.5. The minimum Gasteiger partial charge on any atom is -0.456 e. The van der Waals surface area contributed by atoms with Gasteiger partial charge in [0.1, 0.15) is 11.2 Å². The van der Waals surface area contributed by atoms with Crippen molar-refractivity contribution in [2.75, 3.05) is 4.90 Å². The summed E-state index contributed by atoms with van der Waals surface area (Å²) in [6, 6.07) is -35.4. The van der Waals surface area contributed by atoms with E-state index in [-0.39, 0.29) is 4.70 Å². The first kappa shape index (κ1) is 13.6. The monoisotopic (exact) mass is 792 g/mol. The van der Waals surface area contributed by atoms with E-state index in [1.54, 1.807) is 0 Å². The van der Waals surface area contributed by atoms with Crippen LogP contribution in [0.2, 0.25) is 0 Å². The van der Waals surface area contributed by atoms with Crippen molar-refractivity contribution in [3.8, 4) is 27.9 Å². The van der Waals surface area contributed by atoms with Gasteiger partial charge in [-0.25, -0.2) is 0 Å². The standard InChI is InChI=1S/C54H34N2OS/c1-4-15-35(16-5-1)37-31-45(36-17-6-2-7-18-36)54-46(32-37)41-29-27-39(33-48(41)56(54)38-19-8-3-9-20-38)55(40-28-30-43-42-21-10-12-24-49(42)57-50(43)34-40)47-23-14-26-52-53(47)44-22-11-13-25-51(44)58-52/h1-34H/i1D,2D,3D,4D,5D,6D,7D,8D,9D,10D,11D,12D,13D,14D,15D,16D,17D,18D,19D,20D,21D,22D,23D,24D,25D,26D,27D,28D,29D,30D,31D,32D,33D,34D. The van der Waals surface area contributed by atoms with Crippen molar-refractivity contribution in [2.45, 2.75) is 0 Å². The zero-order valence-corrected chi connectivity index (χ0v) is 29.5. The normalized spacial score (nSPS) is 20.0. The van der Waals surface area contributed by atoms with Gasteiger partial charge in [0.25, 0.3) is 0 Å². The van der Waals surface area contributed by atoms with Gasteiger partial charge in [0.05, 0.1) is 63.3 Å². The number of nitrogens with zero attached hydrogens (tertiary/aromatic N) is 2. The van der Waals surface area contributed by atoms with Crippen LogP contribution in [0.4, 0.5) is 17.1 Å². The maximum atomic E-state index is 10.7. The van der Waals surface area contributed by atoms with Crippen LogP contribution >= 0.6 is 11.3 Å². The number of hydrogen-bond acceptors (Lipinski definition) is 3. The number of thiophene rings is 1. The summed E-state index contributed by atoms with van der Waals surface area (Å²) in [4.78, 5) is 0.498. The van der Waals surface area contributed by atoms with Crippen LogP contribution in [-0.4, -0.2) is 4.57 Å². The van der Waals surface area contributed by atoms with E-state index in [1.165, 1.54) is 0 Å². The summed E-state index contributed by atoms with van der Waals surface area (Å²) < 4.78 is 319. The van der Waals surface area contributed by atoms with E-state index in [9.17, 15) is 21.9 Å². The zero-order valence-electron chi connectivity index (χ0n) is 62.7. The Labute approximate surface area is 386 Å². The number of benzene rings is 9. The Kier molecular flexibility index (Phi) is 3.07. The molecule has 3 heterocycles. The van der Waals surface area contributed by atoms with Crippen molar-refractivity contribution in [3.63, 3.8) is 0 Å². The van der Waals surface area contributed by atoms with Crippen molar-refractivity contribution in [2.24, 2.45) is 0 Å². The molecule has 0 fully saturated rings. The number of anilines is 3. The average molecular weight is 793 g/mol. The quantitative estimate of drug-likeness (QED) is 0.167. The Morgan fingerprint density at radius 1 is 0.448 bits per heavy atom. The molecular formula is C54H34N2OS. The third-order valence-electron chi connectivity index (χ3n) is 9.13. The number of rotatable bonds is 6. The van der Waals surface area contributed by atoms with Crippen LogP contribution in [0.15, 0.2) is 210 Å². The number of aromatic nitrogens is 1. The fourth-order valence-corrected chi connectivity index (χ4v) is 7.73. The molecule has 12 aromatic rings. The van der Waals surface area contributed by atoms with E-state index in [0.717, 1.165) is 0 Å². The highest BCUT2D eigenvalue weighted by atomic mass is 32.1. The molecule has 0 saturated carbocycles. The van der Waals surface area contributed by atoms with E-state index < -0.39 is 310 Å². The second-order valence-corrected chi connectivity index (χ2v) is 13.3. The highest BCUT2D eigenvalue weighted by molar-refractivity contribution is 7.26. The van der Waals surface area contributed by atoms with Gasteiger partial charge in [0.15, 0.2) is 0 Å². The van der Waals surface area contributed by atoms with Gasteiger partial charge in [-0.1, -0.05) is 127 Å². The van der Waals surface area contributed by atoms with E-state index in [1.807, 2.05) is 0 Å². The molecule has 0 bridgehead atoms. The van der Waals surface area contributed by atoms with Crippen LogP contribution in [0.3, 0.4) is 0 Å². The average Bonchev–Trinajstić information content (AvgIpc) is 1.50. The van der Waals surface area contributed by atoms with Crippen LogP contribution < -0.4 is 4.90 Å². The molecule has 272 valence electrons. The fourth-order valence-electron chi connectivity index (χ4n) is 6.77. The third kappa shape index (κ3) is 5.12. The molecular weight excluding hydrogens is 725 g/mol. The maximum Gasteiger partial charge on any atom is 0.137 e. The second-order valence-electron chi connectivity index (χ2n) is 12.3. The van der Waals surface area contributed by atoms with E-state index >= 15 is 0 Å². The molecule has 0 aliphatic heterocycles. The second kappa shape index (κ2) is 13.1.